The minimum absolute atomic E-state index is 0.0507. The van der Waals surface area contributed by atoms with Gasteiger partial charge in [-0.15, -0.1) is 0 Å². The topological polar surface area (TPSA) is 38.0 Å². The Morgan fingerprint density at radius 1 is 1.38 bits per heavy atom. The molecule has 0 bridgehead atoms. The van der Waals surface area contributed by atoms with E-state index in [2.05, 4.69) is 17.4 Å². The van der Waals surface area contributed by atoms with Crippen LogP contribution in [-0.4, -0.2) is 12.7 Å². The molecular formula is C11H16N2. The van der Waals surface area contributed by atoms with Crippen LogP contribution in [0.4, 0.5) is 0 Å². The first-order valence-corrected chi connectivity index (χ1v) is 4.55. The summed E-state index contributed by atoms with van der Waals surface area (Å²) in [6.45, 7) is 2.93. The molecule has 0 amide bonds. The van der Waals surface area contributed by atoms with Gasteiger partial charge in [0, 0.05) is 0 Å². The van der Waals surface area contributed by atoms with Gasteiger partial charge in [0.05, 0.1) is 6.17 Å². The maximum atomic E-state index is 5.73. The van der Waals surface area contributed by atoms with Gasteiger partial charge in [-0.25, -0.2) is 0 Å². The fourth-order valence-corrected chi connectivity index (χ4v) is 1.08. The molecule has 1 atom stereocenters. The van der Waals surface area contributed by atoms with Gasteiger partial charge < -0.3 is 5.73 Å². The molecular weight excluding hydrogens is 160 g/mol. The third-order valence-electron chi connectivity index (χ3n) is 1.74. The second-order valence-corrected chi connectivity index (χ2v) is 2.85. The highest BCUT2D eigenvalue weighted by molar-refractivity contribution is 5.49. The lowest BCUT2D eigenvalue weighted by Gasteiger charge is -2.05. The van der Waals surface area contributed by atoms with Gasteiger partial charge in [0.25, 0.3) is 0 Å². The SMILES string of the molecule is CCNC(N)C=Cc1ccccc1. The standard InChI is InChI=1S/C11H16N2/c1-2-13-11(12)9-8-10-6-4-3-5-7-10/h3-9,11,13H,2,12H2,1H3. The third kappa shape index (κ3) is 3.87. The van der Waals surface area contributed by atoms with E-state index in [1.807, 2.05) is 37.3 Å². The Kier molecular flexibility index (Phi) is 4.23. The Hall–Kier alpha value is -1.12. The largest absolute Gasteiger partial charge is 0.313 e. The molecule has 0 heterocycles. The maximum absolute atomic E-state index is 5.73. The molecule has 0 spiro atoms. The quantitative estimate of drug-likeness (QED) is 0.684. The zero-order valence-corrected chi connectivity index (χ0v) is 7.90. The van der Waals surface area contributed by atoms with Crippen LogP contribution in [0, 0.1) is 0 Å². The lowest BCUT2D eigenvalue weighted by atomic mass is 10.2. The molecule has 70 valence electrons. The molecule has 0 saturated heterocycles. The molecule has 0 aromatic heterocycles. The number of hydrogen-bond donors (Lipinski definition) is 2. The predicted octanol–water partition coefficient (Wildman–Crippen LogP) is 1.59. The van der Waals surface area contributed by atoms with E-state index in [1.165, 1.54) is 5.56 Å². The Morgan fingerprint density at radius 3 is 2.69 bits per heavy atom. The molecule has 1 aromatic carbocycles. The van der Waals surface area contributed by atoms with Crippen LogP contribution in [0.25, 0.3) is 6.08 Å². The fraction of sp³-hybridized carbons (Fsp3) is 0.273. The van der Waals surface area contributed by atoms with Crippen LogP contribution in [0.3, 0.4) is 0 Å². The van der Waals surface area contributed by atoms with Crippen molar-refractivity contribution in [2.75, 3.05) is 6.54 Å². The van der Waals surface area contributed by atoms with E-state index in [0.717, 1.165) is 6.54 Å². The first kappa shape index (κ1) is 9.96. The lowest BCUT2D eigenvalue weighted by Crippen LogP contribution is -2.34. The van der Waals surface area contributed by atoms with Crippen LogP contribution in [0.1, 0.15) is 12.5 Å². The molecule has 2 heteroatoms. The second-order valence-electron chi connectivity index (χ2n) is 2.85. The summed E-state index contributed by atoms with van der Waals surface area (Å²) in [7, 11) is 0. The van der Waals surface area contributed by atoms with Crippen molar-refractivity contribution in [3.8, 4) is 0 Å². The molecule has 0 saturated carbocycles. The van der Waals surface area contributed by atoms with Gasteiger partial charge in [-0.2, -0.15) is 0 Å². The van der Waals surface area contributed by atoms with E-state index in [4.69, 9.17) is 5.73 Å². The van der Waals surface area contributed by atoms with E-state index in [0.29, 0.717) is 0 Å². The Balaban J connectivity index is 2.49. The molecule has 1 aromatic rings. The van der Waals surface area contributed by atoms with Crippen molar-refractivity contribution in [2.24, 2.45) is 5.73 Å². The Morgan fingerprint density at radius 2 is 2.08 bits per heavy atom. The molecule has 13 heavy (non-hydrogen) atoms. The van der Waals surface area contributed by atoms with E-state index >= 15 is 0 Å². The smallest absolute Gasteiger partial charge is 0.0741 e. The van der Waals surface area contributed by atoms with E-state index in [-0.39, 0.29) is 6.17 Å². The minimum atomic E-state index is -0.0507. The zero-order chi connectivity index (χ0) is 9.52. The van der Waals surface area contributed by atoms with E-state index in [9.17, 15) is 0 Å². The van der Waals surface area contributed by atoms with Crippen molar-refractivity contribution >= 4 is 6.08 Å². The zero-order valence-electron chi connectivity index (χ0n) is 7.90. The van der Waals surface area contributed by atoms with Crippen LogP contribution in [0.15, 0.2) is 36.4 Å². The van der Waals surface area contributed by atoms with Gasteiger partial charge in [0.1, 0.15) is 0 Å². The van der Waals surface area contributed by atoms with Crippen molar-refractivity contribution < 1.29 is 0 Å². The van der Waals surface area contributed by atoms with Gasteiger partial charge in [-0.1, -0.05) is 49.4 Å². The number of benzene rings is 1. The molecule has 0 radical (unpaired) electrons. The fourth-order valence-electron chi connectivity index (χ4n) is 1.08. The second kappa shape index (κ2) is 5.51. The number of nitrogens with two attached hydrogens (primary N) is 1. The average molecular weight is 176 g/mol. The summed E-state index contributed by atoms with van der Waals surface area (Å²) in [5, 5.41) is 3.11. The van der Waals surface area contributed by atoms with E-state index < -0.39 is 0 Å². The van der Waals surface area contributed by atoms with E-state index in [1.54, 1.807) is 0 Å². The summed E-state index contributed by atoms with van der Waals surface area (Å²) in [5.74, 6) is 0. The van der Waals surface area contributed by atoms with Gasteiger partial charge in [0.15, 0.2) is 0 Å². The first-order valence-electron chi connectivity index (χ1n) is 4.55. The minimum Gasteiger partial charge on any atom is -0.313 e. The average Bonchev–Trinajstić information content (AvgIpc) is 2.17. The first-order chi connectivity index (χ1) is 6.33. The summed E-state index contributed by atoms with van der Waals surface area (Å²) in [4.78, 5) is 0. The van der Waals surface area contributed by atoms with Crippen molar-refractivity contribution in [3.63, 3.8) is 0 Å². The highest BCUT2D eigenvalue weighted by Crippen LogP contribution is 2.00. The maximum Gasteiger partial charge on any atom is 0.0741 e. The molecule has 1 unspecified atom stereocenters. The molecule has 0 aliphatic carbocycles. The molecule has 0 fully saturated rings. The van der Waals surface area contributed by atoms with Gasteiger partial charge in [-0.05, 0) is 12.1 Å². The number of nitrogens with one attached hydrogen (secondary N) is 1. The molecule has 0 aliphatic heterocycles. The van der Waals surface area contributed by atoms with Crippen LogP contribution in [0.5, 0.6) is 0 Å². The number of hydrogen-bond acceptors (Lipinski definition) is 2. The highest BCUT2D eigenvalue weighted by atomic mass is 15.0. The normalized spacial score (nSPS) is 13.4. The number of likely N-dealkylation sites (N-methyl/N-ethyl adjacent to an activating group) is 1. The van der Waals surface area contributed by atoms with Crippen molar-refractivity contribution in [1.29, 1.82) is 0 Å². The van der Waals surface area contributed by atoms with Crippen LogP contribution < -0.4 is 11.1 Å². The highest BCUT2D eigenvalue weighted by Gasteiger charge is 1.91. The van der Waals surface area contributed by atoms with Crippen molar-refractivity contribution in [3.05, 3.63) is 42.0 Å². The van der Waals surface area contributed by atoms with Gasteiger partial charge in [0.2, 0.25) is 0 Å². The van der Waals surface area contributed by atoms with Crippen LogP contribution in [-0.2, 0) is 0 Å². The van der Waals surface area contributed by atoms with Gasteiger partial charge in [-0.3, -0.25) is 5.32 Å². The Labute approximate surface area is 79.5 Å². The molecule has 2 nitrogen and oxygen atoms in total. The van der Waals surface area contributed by atoms with Crippen molar-refractivity contribution in [1.82, 2.24) is 5.32 Å². The number of rotatable bonds is 4. The monoisotopic (exact) mass is 176 g/mol. The summed E-state index contributed by atoms with van der Waals surface area (Å²) < 4.78 is 0. The predicted molar refractivity (Wildman–Crippen MR) is 57.1 cm³/mol. The Bertz CT molecular complexity index is 254. The lowest BCUT2D eigenvalue weighted by molar-refractivity contribution is 0.639. The van der Waals surface area contributed by atoms with Crippen LogP contribution in [0.2, 0.25) is 0 Å². The summed E-state index contributed by atoms with van der Waals surface area (Å²) in [5.41, 5.74) is 6.91. The summed E-state index contributed by atoms with van der Waals surface area (Å²) >= 11 is 0. The molecule has 0 aliphatic rings. The van der Waals surface area contributed by atoms with Gasteiger partial charge >= 0.3 is 0 Å². The summed E-state index contributed by atoms with van der Waals surface area (Å²) in [6.07, 6.45) is 3.93. The molecule has 1 rings (SSSR count). The molecule has 3 N–H and O–H groups in total. The third-order valence-corrected chi connectivity index (χ3v) is 1.74. The van der Waals surface area contributed by atoms with Crippen molar-refractivity contribution in [2.45, 2.75) is 13.1 Å². The van der Waals surface area contributed by atoms with Crippen LogP contribution >= 0.6 is 0 Å². The summed E-state index contributed by atoms with van der Waals surface area (Å²) in [6, 6.07) is 10.1.